The minimum absolute atomic E-state index is 0.255. The van der Waals surface area contributed by atoms with E-state index in [0.29, 0.717) is 12.3 Å². The fourth-order valence-electron chi connectivity index (χ4n) is 2.68. The number of ether oxygens (including phenoxy) is 2. The number of rotatable bonds is 5. The van der Waals surface area contributed by atoms with Crippen molar-refractivity contribution in [3.8, 4) is 11.5 Å². The number of sulfonamides is 1. The Kier molecular flexibility index (Phi) is 5.62. The highest BCUT2D eigenvalue weighted by atomic mass is 79.9. The highest BCUT2D eigenvalue weighted by molar-refractivity contribution is 9.10. The fraction of sp³-hybridized carbons (Fsp3) is 0.294. The number of halogens is 1. The third-order valence-corrected chi connectivity index (χ3v) is 7.87. The Morgan fingerprint density at radius 1 is 1.12 bits per heavy atom. The molecule has 0 bridgehead atoms. The van der Waals surface area contributed by atoms with Crippen molar-refractivity contribution in [1.82, 2.24) is 4.31 Å². The Morgan fingerprint density at radius 3 is 2.44 bits per heavy atom. The molecule has 1 atom stereocenters. The molecule has 8 heteroatoms. The third-order valence-electron chi connectivity index (χ3n) is 3.98. The molecular formula is C17H18BrNO4S2. The van der Waals surface area contributed by atoms with Crippen molar-refractivity contribution in [3.05, 3.63) is 52.5 Å². The van der Waals surface area contributed by atoms with Gasteiger partial charge in [0.1, 0.15) is 11.5 Å². The summed E-state index contributed by atoms with van der Waals surface area (Å²) in [6, 6.07) is 12.2. The molecule has 3 rings (SSSR count). The lowest BCUT2D eigenvalue weighted by molar-refractivity contribution is 0.410. The zero-order valence-corrected chi connectivity index (χ0v) is 17.0. The summed E-state index contributed by atoms with van der Waals surface area (Å²) >= 11 is 5.08. The van der Waals surface area contributed by atoms with E-state index in [4.69, 9.17) is 9.47 Å². The summed E-state index contributed by atoms with van der Waals surface area (Å²) in [6.07, 6.45) is 0. The number of nitrogens with zero attached hydrogens (tertiary/aromatic N) is 1. The standard InChI is InChI=1S/C17H18BrNO4S2/c1-22-13-4-6-14(7-5-13)25(20,21)19-9-10-24-17(19)12-3-8-16(23-2)15(18)11-12/h3-8,11,17H,9-10H2,1-2H3. The molecule has 1 unspecified atom stereocenters. The molecule has 1 aliphatic heterocycles. The quantitative estimate of drug-likeness (QED) is 0.700. The van der Waals surface area contributed by atoms with Gasteiger partial charge >= 0.3 is 0 Å². The highest BCUT2D eigenvalue weighted by Gasteiger charge is 2.37. The van der Waals surface area contributed by atoms with Crippen LogP contribution in [0.4, 0.5) is 0 Å². The number of thioether (sulfide) groups is 1. The molecule has 0 N–H and O–H groups in total. The number of hydrogen-bond donors (Lipinski definition) is 0. The van der Waals surface area contributed by atoms with E-state index >= 15 is 0 Å². The number of methoxy groups -OCH3 is 2. The van der Waals surface area contributed by atoms with Crippen LogP contribution in [0.25, 0.3) is 0 Å². The Hall–Kier alpha value is -1.22. The van der Waals surface area contributed by atoms with Gasteiger partial charge < -0.3 is 9.47 Å². The summed E-state index contributed by atoms with van der Waals surface area (Å²) in [5.74, 6) is 2.10. The molecule has 0 aromatic heterocycles. The lowest BCUT2D eigenvalue weighted by Gasteiger charge is -2.24. The van der Waals surface area contributed by atoms with Crippen LogP contribution < -0.4 is 9.47 Å². The molecule has 2 aromatic rings. The van der Waals surface area contributed by atoms with Crippen LogP contribution >= 0.6 is 27.7 Å². The monoisotopic (exact) mass is 443 g/mol. The van der Waals surface area contributed by atoms with Gasteiger partial charge in [-0.25, -0.2) is 8.42 Å². The summed E-state index contributed by atoms with van der Waals surface area (Å²) in [5.41, 5.74) is 0.923. The van der Waals surface area contributed by atoms with Gasteiger partial charge in [-0.05, 0) is 57.9 Å². The Morgan fingerprint density at radius 2 is 1.84 bits per heavy atom. The predicted molar refractivity (Wildman–Crippen MR) is 103 cm³/mol. The Balaban J connectivity index is 1.93. The molecule has 0 saturated carbocycles. The van der Waals surface area contributed by atoms with Gasteiger partial charge in [0.15, 0.2) is 0 Å². The van der Waals surface area contributed by atoms with Gasteiger partial charge in [0.05, 0.1) is 29.0 Å². The van der Waals surface area contributed by atoms with Crippen LogP contribution in [0.15, 0.2) is 51.8 Å². The first-order chi connectivity index (χ1) is 12.0. The molecule has 2 aromatic carbocycles. The lowest BCUT2D eigenvalue weighted by Crippen LogP contribution is -2.30. The van der Waals surface area contributed by atoms with E-state index in [1.54, 1.807) is 54.6 Å². The smallest absolute Gasteiger partial charge is 0.244 e. The molecule has 0 amide bonds. The van der Waals surface area contributed by atoms with Gasteiger partial charge in [-0.15, -0.1) is 11.8 Å². The first-order valence-electron chi connectivity index (χ1n) is 7.58. The average molecular weight is 444 g/mol. The van der Waals surface area contributed by atoms with Crippen molar-refractivity contribution in [2.45, 2.75) is 10.3 Å². The second kappa shape index (κ2) is 7.57. The van der Waals surface area contributed by atoms with E-state index in [0.717, 1.165) is 21.5 Å². The van der Waals surface area contributed by atoms with E-state index < -0.39 is 10.0 Å². The molecular weight excluding hydrogens is 426 g/mol. The Labute approximate surface area is 160 Å². The van der Waals surface area contributed by atoms with Crippen molar-refractivity contribution in [2.24, 2.45) is 0 Å². The second-order valence-corrected chi connectivity index (χ2v) is 9.34. The summed E-state index contributed by atoms with van der Waals surface area (Å²) in [6.45, 7) is 0.480. The topological polar surface area (TPSA) is 55.8 Å². The van der Waals surface area contributed by atoms with E-state index in [1.807, 2.05) is 18.2 Å². The molecule has 0 spiro atoms. The zero-order valence-electron chi connectivity index (χ0n) is 13.8. The third kappa shape index (κ3) is 3.67. The maximum Gasteiger partial charge on any atom is 0.244 e. The average Bonchev–Trinajstić information content (AvgIpc) is 3.12. The van der Waals surface area contributed by atoms with Crippen molar-refractivity contribution < 1.29 is 17.9 Å². The minimum Gasteiger partial charge on any atom is -0.497 e. The molecule has 1 heterocycles. The van der Waals surface area contributed by atoms with Gasteiger partial charge in [0, 0.05) is 12.3 Å². The van der Waals surface area contributed by atoms with Crippen LogP contribution in [-0.2, 0) is 10.0 Å². The molecule has 134 valence electrons. The van der Waals surface area contributed by atoms with Crippen LogP contribution in [0.5, 0.6) is 11.5 Å². The molecule has 1 fully saturated rings. The van der Waals surface area contributed by atoms with Gasteiger partial charge in [0.25, 0.3) is 0 Å². The van der Waals surface area contributed by atoms with Crippen LogP contribution in [0.3, 0.4) is 0 Å². The number of benzene rings is 2. The van der Waals surface area contributed by atoms with Crippen LogP contribution in [0.1, 0.15) is 10.9 Å². The van der Waals surface area contributed by atoms with Crippen LogP contribution in [-0.4, -0.2) is 39.2 Å². The van der Waals surface area contributed by atoms with Gasteiger partial charge in [0.2, 0.25) is 10.0 Å². The van der Waals surface area contributed by atoms with Gasteiger partial charge in [-0.1, -0.05) is 6.07 Å². The van der Waals surface area contributed by atoms with E-state index in [9.17, 15) is 8.42 Å². The largest absolute Gasteiger partial charge is 0.497 e. The Bertz CT molecular complexity index is 855. The van der Waals surface area contributed by atoms with Crippen molar-refractivity contribution in [2.75, 3.05) is 26.5 Å². The lowest BCUT2D eigenvalue weighted by atomic mass is 10.2. The highest BCUT2D eigenvalue weighted by Crippen LogP contribution is 2.43. The SMILES string of the molecule is COc1ccc(S(=O)(=O)N2CCSC2c2ccc(OC)c(Br)c2)cc1. The fourth-order valence-corrected chi connectivity index (χ4v) is 6.47. The summed E-state index contributed by atoms with van der Waals surface area (Å²) in [5, 5.41) is -0.255. The number of hydrogen-bond acceptors (Lipinski definition) is 5. The zero-order chi connectivity index (χ0) is 18.0. The van der Waals surface area contributed by atoms with E-state index in [1.165, 1.54) is 0 Å². The molecule has 0 radical (unpaired) electrons. The van der Waals surface area contributed by atoms with Crippen molar-refractivity contribution in [1.29, 1.82) is 0 Å². The molecule has 5 nitrogen and oxygen atoms in total. The summed E-state index contributed by atoms with van der Waals surface area (Å²) in [7, 11) is -0.424. The molecule has 1 saturated heterocycles. The molecule has 0 aliphatic carbocycles. The maximum atomic E-state index is 13.1. The maximum absolute atomic E-state index is 13.1. The van der Waals surface area contributed by atoms with Crippen molar-refractivity contribution in [3.63, 3.8) is 0 Å². The first kappa shape index (κ1) is 18.6. The summed E-state index contributed by atoms with van der Waals surface area (Å²) in [4.78, 5) is 0.272. The van der Waals surface area contributed by atoms with Crippen LogP contribution in [0.2, 0.25) is 0 Å². The second-order valence-electron chi connectivity index (χ2n) is 5.41. The van der Waals surface area contributed by atoms with Gasteiger partial charge in [-0.3, -0.25) is 0 Å². The van der Waals surface area contributed by atoms with E-state index in [-0.39, 0.29) is 10.3 Å². The summed E-state index contributed by atoms with van der Waals surface area (Å²) < 4.78 is 38.8. The van der Waals surface area contributed by atoms with Crippen LogP contribution in [0, 0.1) is 0 Å². The predicted octanol–water partition coefficient (Wildman–Crippen LogP) is 3.90. The van der Waals surface area contributed by atoms with E-state index in [2.05, 4.69) is 15.9 Å². The first-order valence-corrected chi connectivity index (χ1v) is 10.9. The minimum atomic E-state index is -3.58. The molecule has 25 heavy (non-hydrogen) atoms. The van der Waals surface area contributed by atoms with Crippen molar-refractivity contribution >= 4 is 37.7 Å². The normalized spacial score (nSPS) is 18.3. The molecule has 1 aliphatic rings. The van der Waals surface area contributed by atoms with Gasteiger partial charge in [-0.2, -0.15) is 4.31 Å².